The minimum Gasteiger partial charge on any atom is -0.356 e. The molecule has 1 unspecified atom stereocenters. The topological polar surface area (TPSA) is 66.5 Å². The molecule has 2 rings (SSSR count). The number of amides is 1. The molecule has 1 N–H and O–H groups in total. The van der Waals surface area contributed by atoms with Gasteiger partial charge < -0.3 is 5.32 Å². The highest BCUT2D eigenvalue weighted by molar-refractivity contribution is 7.88. The lowest BCUT2D eigenvalue weighted by atomic mass is 9.99. The molecule has 5 nitrogen and oxygen atoms in total. The van der Waals surface area contributed by atoms with E-state index in [1.165, 1.54) is 10.6 Å². The number of rotatable bonds is 6. The van der Waals surface area contributed by atoms with E-state index in [2.05, 4.69) is 5.32 Å². The molecule has 0 aliphatic carbocycles. The molecule has 1 aromatic rings. The minimum atomic E-state index is -3.22. The number of benzene rings is 1. The zero-order chi connectivity index (χ0) is 16.9. The predicted molar refractivity (Wildman–Crippen MR) is 91.9 cm³/mol. The number of carbonyl (C=O) groups is 1. The average molecular weight is 359 g/mol. The third kappa shape index (κ3) is 5.48. The summed E-state index contributed by atoms with van der Waals surface area (Å²) in [6.07, 6.45) is 4.27. The Morgan fingerprint density at radius 1 is 1.39 bits per heavy atom. The Bertz CT molecular complexity index is 648. The molecular formula is C16H23ClN2O3S. The first-order chi connectivity index (χ1) is 10.9. The van der Waals surface area contributed by atoms with Crippen molar-refractivity contribution in [1.82, 2.24) is 9.62 Å². The molecular weight excluding hydrogens is 336 g/mol. The molecule has 0 aromatic heterocycles. The quantitative estimate of drug-likeness (QED) is 0.791. The van der Waals surface area contributed by atoms with Crippen molar-refractivity contribution >= 4 is 27.5 Å². The highest BCUT2D eigenvalue weighted by Crippen LogP contribution is 2.19. The predicted octanol–water partition coefficient (Wildman–Crippen LogP) is 2.06. The Morgan fingerprint density at radius 2 is 2.13 bits per heavy atom. The summed E-state index contributed by atoms with van der Waals surface area (Å²) in [6.45, 7) is 1.36. The number of nitrogens with zero attached hydrogens (tertiary/aromatic N) is 1. The maximum Gasteiger partial charge on any atom is 0.224 e. The van der Waals surface area contributed by atoms with Gasteiger partial charge in [-0.25, -0.2) is 12.7 Å². The van der Waals surface area contributed by atoms with E-state index in [-0.39, 0.29) is 18.4 Å². The Labute approximate surface area is 143 Å². The highest BCUT2D eigenvalue weighted by atomic mass is 35.5. The summed E-state index contributed by atoms with van der Waals surface area (Å²) in [5.74, 6) is -0.309. The van der Waals surface area contributed by atoms with Gasteiger partial charge in [0, 0.05) is 24.7 Å². The number of aryl methyl sites for hydroxylation is 1. The van der Waals surface area contributed by atoms with E-state index in [0.29, 0.717) is 13.1 Å². The molecule has 0 saturated carbocycles. The van der Waals surface area contributed by atoms with Crippen LogP contribution in [-0.4, -0.2) is 44.5 Å². The van der Waals surface area contributed by atoms with Gasteiger partial charge in [0.15, 0.2) is 0 Å². The van der Waals surface area contributed by atoms with Crippen LogP contribution >= 0.6 is 11.6 Å². The van der Waals surface area contributed by atoms with Crippen LogP contribution in [0, 0.1) is 5.92 Å². The first-order valence-electron chi connectivity index (χ1n) is 7.84. The van der Waals surface area contributed by atoms with Crippen molar-refractivity contribution in [2.75, 3.05) is 25.9 Å². The van der Waals surface area contributed by atoms with E-state index in [9.17, 15) is 13.2 Å². The third-order valence-corrected chi connectivity index (χ3v) is 5.74. The Morgan fingerprint density at radius 3 is 2.83 bits per heavy atom. The van der Waals surface area contributed by atoms with Gasteiger partial charge in [-0.1, -0.05) is 29.8 Å². The van der Waals surface area contributed by atoms with Gasteiger partial charge in [-0.15, -0.1) is 0 Å². The van der Waals surface area contributed by atoms with Crippen LogP contribution in [-0.2, 0) is 21.2 Å². The van der Waals surface area contributed by atoms with Crippen LogP contribution in [0.15, 0.2) is 24.3 Å². The van der Waals surface area contributed by atoms with Gasteiger partial charge in [-0.3, -0.25) is 4.79 Å². The van der Waals surface area contributed by atoms with E-state index in [4.69, 9.17) is 11.6 Å². The van der Waals surface area contributed by atoms with Crippen LogP contribution in [0.3, 0.4) is 0 Å². The maximum atomic E-state index is 12.2. The van der Waals surface area contributed by atoms with Gasteiger partial charge >= 0.3 is 0 Å². The van der Waals surface area contributed by atoms with Gasteiger partial charge in [-0.2, -0.15) is 0 Å². The molecule has 1 aliphatic rings. The lowest BCUT2D eigenvalue weighted by Gasteiger charge is -2.30. The van der Waals surface area contributed by atoms with Gasteiger partial charge in [0.2, 0.25) is 15.9 Å². The second-order valence-electron chi connectivity index (χ2n) is 5.95. The molecule has 1 aromatic carbocycles. The molecule has 1 amide bonds. The number of sulfonamides is 1. The summed E-state index contributed by atoms with van der Waals surface area (Å²) in [4.78, 5) is 12.2. The van der Waals surface area contributed by atoms with E-state index in [0.717, 1.165) is 36.3 Å². The third-order valence-electron chi connectivity index (χ3n) is 4.10. The van der Waals surface area contributed by atoms with Gasteiger partial charge in [0.25, 0.3) is 0 Å². The molecule has 7 heteroatoms. The Balaban J connectivity index is 1.75. The molecule has 1 atom stereocenters. The number of hydrogen-bond acceptors (Lipinski definition) is 3. The first-order valence-corrected chi connectivity index (χ1v) is 10.1. The second kappa shape index (κ2) is 8.13. The summed E-state index contributed by atoms with van der Waals surface area (Å²) in [7, 11) is -3.22. The van der Waals surface area contributed by atoms with E-state index in [1.807, 2.05) is 24.3 Å². The monoisotopic (exact) mass is 358 g/mol. The molecule has 1 saturated heterocycles. The second-order valence-corrected chi connectivity index (χ2v) is 8.34. The number of halogens is 1. The van der Waals surface area contributed by atoms with Crippen molar-refractivity contribution in [1.29, 1.82) is 0 Å². The average Bonchev–Trinajstić information content (AvgIpc) is 2.52. The van der Waals surface area contributed by atoms with Crippen LogP contribution in [0.5, 0.6) is 0 Å². The normalized spacial score (nSPS) is 19.5. The smallest absolute Gasteiger partial charge is 0.224 e. The molecule has 23 heavy (non-hydrogen) atoms. The van der Waals surface area contributed by atoms with Crippen LogP contribution in [0.4, 0.5) is 0 Å². The fourth-order valence-electron chi connectivity index (χ4n) is 2.79. The summed E-state index contributed by atoms with van der Waals surface area (Å²) < 4.78 is 24.6. The van der Waals surface area contributed by atoms with Crippen LogP contribution in [0.2, 0.25) is 5.02 Å². The zero-order valence-electron chi connectivity index (χ0n) is 13.3. The first kappa shape index (κ1) is 18.2. The number of nitrogens with one attached hydrogen (secondary N) is 1. The van der Waals surface area contributed by atoms with Crippen molar-refractivity contribution in [2.24, 2.45) is 5.92 Å². The van der Waals surface area contributed by atoms with E-state index < -0.39 is 10.0 Å². The molecule has 128 valence electrons. The standard InChI is InChI=1S/C16H23ClN2O3S/c1-23(21,22)19-11-5-8-14(12-19)16(20)18-10-4-7-13-6-2-3-9-15(13)17/h2-3,6,9,14H,4-5,7-8,10-12H2,1H3,(H,18,20). The van der Waals surface area contributed by atoms with Crippen molar-refractivity contribution in [3.8, 4) is 0 Å². The number of hydrogen-bond donors (Lipinski definition) is 1. The largest absolute Gasteiger partial charge is 0.356 e. The summed E-state index contributed by atoms with van der Waals surface area (Å²) >= 11 is 6.10. The summed E-state index contributed by atoms with van der Waals surface area (Å²) in [5, 5.41) is 3.66. The highest BCUT2D eigenvalue weighted by Gasteiger charge is 2.29. The van der Waals surface area contributed by atoms with Crippen LogP contribution < -0.4 is 5.32 Å². The van der Waals surface area contributed by atoms with E-state index in [1.54, 1.807) is 0 Å². The lowest BCUT2D eigenvalue weighted by molar-refractivity contribution is -0.126. The van der Waals surface area contributed by atoms with Gasteiger partial charge in [0.1, 0.15) is 0 Å². The molecule has 1 heterocycles. The van der Waals surface area contributed by atoms with Gasteiger partial charge in [0.05, 0.1) is 12.2 Å². The fourth-order valence-corrected chi connectivity index (χ4v) is 3.94. The SMILES string of the molecule is CS(=O)(=O)N1CCCC(C(=O)NCCCc2ccccc2Cl)C1. The van der Waals surface area contributed by atoms with Crippen molar-refractivity contribution in [2.45, 2.75) is 25.7 Å². The van der Waals surface area contributed by atoms with E-state index >= 15 is 0 Å². The number of piperidine rings is 1. The van der Waals surface area contributed by atoms with Crippen molar-refractivity contribution < 1.29 is 13.2 Å². The van der Waals surface area contributed by atoms with Crippen molar-refractivity contribution in [3.63, 3.8) is 0 Å². The fraction of sp³-hybridized carbons (Fsp3) is 0.562. The number of carbonyl (C=O) groups excluding carboxylic acids is 1. The summed E-state index contributed by atoms with van der Waals surface area (Å²) in [6, 6.07) is 7.68. The summed E-state index contributed by atoms with van der Waals surface area (Å²) in [5.41, 5.74) is 1.07. The van der Waals surface area contributed by atoms with Crippen LogP contribution in [0.25, 0.3) is 0 Å². The van der Waals surface area contributed by atoms with Crippen LogP contribution in [0.1, 0.15) is 24.8 Å². The van der Waals surface area contributed by atoms with Gasteiger partial charge in [-0.05, 0) is 37.3 Å². The molecule has 0 bridgehead atoms. The minimum absolute atomic E-state index is 0.0579. The molecule has 0 spiro atoms. The maximum absolute atomic E-state index is 12.2. The molecule has 1 fully saturated rings. The zero-order valence-corrected chi connectivity index (χ0v) is 14.9. The van der Waals surface area contributed by atoms with Crippen molar-refractivity contribution in [3.05, 3.63) is 34.9 Å². The Hall–Kier alpha value is -1.11. The molecule has 0 radical (unpaired) electrons. The molecule has 1 aliphatic heterocycles. The Kier molecular flexibility index (Phi) is 6.44. The lowest BCUT2D eigenvalue weighted by Crippen LogP contribution is -2.45.